The van der Waals surface area contributed by atoms with Crippen LogP contribution in [0.2, 0.25) is 0 Å². The van der Waals surface area contributed by atoms with Gasteiger partial charge in [0.05, 0.1) is 5.60 Å². The molecule has 0 N–H and O–H groups in total. The van der Waals surface area contributed by atoms with Crippen molar-refractivity contribution in [3.63, 3.8) is 0 Å². The van der Waals surface area contributed by atoms with Crippen molar-refractivity contribution in [1.29, 1.82) is 0 Å². The van der Waals surface area contributed by atoms with Crippen LogP contribution in [0.25, 0.3) is 0 Å². The fourth-order valence-electron chi connectivity index (χ4n) is 3.11. The Balaban J connectivity index is 1.97. The number of piperidine rings is 1. The molecule has 1 saturated heterocycles. The number of nitrogens with zero attached hydrogens (tertiary/aromatic N) is 2. The normalized spacial score (nSPS) is 24.6. The van der Waals surface area contributed by atoms with Crippen molar-refractivity contribution < 1.29 is 9.53 Å². The molecule has 0 bridgehead atoms. The van der Waals surface area contributed by atoms with Crippen LogP contribution in [-0.4, -0.2) is 61.1 Å². The Morgan fingerprint density at radius 2 is 2.00 bits per heavy atom. The van der Waals surface area contributed by atoms with E-state index in [-0.39, 0.29) is 11.5 Å². The smallest absolute Gasteiger partial charge is 0.219 e. The molecule has 0 radical (unpaired) electrons. The van der Waals surface area contributed by atoms with Crippen molar-refractivity contribution >= 4 is 5.91 Å². The van der Waals surface area contributed by atoms with Crippen LogP contribution < -0.4 is 0 Å². The molecule has 0 aromatic heterocycles. The van der Waals surface area contributed by atoms with Gasteiger partial charge in [0.25, 0.3) is 0 Å². The molecule has 0 unspecified atom stereocenters. The van der Waals surface area contributed by atoms with E-state index in [0.29, 0.717) is 6.04 Å². The molecule has 1 amide bonds. The Hall–Kier alpha value is -0.610. The molecule has 2 rings (SSSR count). The van der Waals surface area contributed by atoms with Crippen LogP contribution >= 0.6 is 0 Å². The minimum Gasteiger partial charge on any atom is -0.376 e. The second-order valence-corrected chi connectivity index (χ2v) is 5.92. The van der Waals surface area contributed by atoms with E-state index >= 15 is 0 Å². The Labute approximate surface area is 110 Å². The van der Waals surface area contributed by atoms with E-state index in [1.807, 2.05) is 0 Å². The minimum absolute atomic E-state index is 0.0466. The number of carbonyl (C=O) groups excluding carboxylic acids is 1. The number of hydrogen-bond acceptors (Lipinski definition) is 3. The molecule has 18 heavy (non-hydrogen) atoms. The summed E-state index contributed by atoms with van der Waals surface area (Å²) in [5.41, 5.74) is -0.0466. The van der Waals surface area contributed by atoms with E-state index in [4.69, 9.17) is 4.74 Å². The average molecular weight is 254 g/mol. The van der Waals surface area contributed by atoms with Crippen molar-refractivity contribution in [3.05, 3.63) is 0 Å². The number of amides is 1. The van der Waals surface area contributed by atoms with Gasteiger partial charge in [-0.1, -0.05) is 0 Å². The number of likely N-dealkylation sites (tertiary alicyclic amines) is 1. The summed E-state index contributed by atoms with van der Waals surface area (Å²) in [6.07, 6.45) is 5.61. The number of methoxy groups -OCH3 is 1. The SMILES string of the molecule is COC1(CN(C(C)=O)C2CCN(C)CC2)CCC1. The van der Waals surface area contributed by atoms with Crippen LogP contribution in [0.1, 0.15) is 39.0 Å². The third-order valence-electron chi connectivity index (χ3n) is 4.69. The molecule has 2 fully saturated rings. The molecule has 1 aliphatic carbocycles. The third kappa shape index (κ3) is 2.86. The van der Waals surface area contributed by atoms with Crippen molar-refractivity contribution in [3.8, 4) is 0 Å². The van der Waals surface area contributed by atoms with Gasteiger partial charge in [0.1, 0.15) is 0 Å². The molecule has 0 atom stereocenters. The van der Waals surface area contributed by atoms with E-state index in [1.165, 1.54) is 6.42 Å². The van der Waals surface area contributed by atoms with Gasteiger partial charge in [-0.15, -0.1) is 0 Å². The first-order valence-electron chi connectivity index (χ1n) is 7.07. The standard InChI is InChI=1S/C14H26N2O2/c1-12(17)16(11-14(18-3)7-4-8-14)13-5-9-15(2)10-6-13/h13H,4-11H2,1-3H3. The summed E-state index contributed by atoms with van der Waals surface area (Å²) in [6, 6.07) is 0.409. The van der Waals surface area contributed by atoms with E-state index < -0.39 is 0 Å². The van der Waals surface area contributed by atoms with Crippen LogP contribution in [0.5, 0.6) is 0 Å². The molecule has 1 saturated carbocycles. The van der Waals surface area contributed by atoms with Crippen LogP contribution in [0.15, 0.2) is 0 Å². The van der Waals surface area contributed by atoms with Gasteiger partial charge in [-0.2, -0.15) is 0 Å². The molecule has 0 aromatic rings. The van der Waals surface area contributed by atoms with Gasteiger partial charge >= 0.3 is 0 Å². The molecule has 104 valence electrons. The lowest BCUT2D eigenvalue weighted by atomic mass is 9.79. The number of rotatable bonds is 4. The quantitative estimate of drug-likeness (QED) is 0.762. The molecule has 4 nitrogen and oxygen atoms in total. The maximum absolute atomic E-state index is 11.9. The zero-order chi connectivity index (χ0) is 13.2. The largest absolute Gasteiger partial charge is 0.376 e. The van der Waals surface area contributed by atoms with Crippen molar-refractivity contribution in [1.82, 2.24) is 9.80 Å². The first kappa shape index (κ1) is 13.8. The number of hydrogen-bond donors (Lipinski definition) is 0. The van der Waals surface area contributed by atoms with E-state index in [0.717, 1.165) is 45.3 Å². The summed E-state index contributed by atoms with van der Waals surface area (Å²) in [7, 11) is 3.93. The first-order chi connectivity index (χ1) is 8.56. The van der Waals surface area contributed by atoms with Gasteiger partial charge in [0, 0.05) is 26.6 Å². The first-order valence-corrected chi connectivity index (χ1v) is 7.07. The summed E-state index contributed by atoms with van der Waals surface area (Å²) in [4.78, 5) is 16.3. The summed E-state index contributed by atoms with van der Waals surface area (Å²) in [5, 5.41) is 0. The van der Waals surface area contributed by atoms with Crippen molar-refractivity contribution in [2.75, 3.05) is 33.8 Å². The maximum atomic E-state index is 11.9. The molecular formula is C14H26N2O2. The second-order valence-electron chi connectivity index (χ2n) is 5.92. The topological polar surface area (TPSA) is 32.8 Å². The lowest BCUT2D eigenvalue weighted by Crippen LogP contribution is -2.55. The highest BCUT2D eigenvalue weighted by atomic mass is 16.5. The molecule has 0 spiro atoms. The maximum Gasteiger partial charge on any atom is 0.219 e. The number of ether oxygens (including phenoxy) is 1. The zero-order valence-electron chi connectivity index (χ0n) is 11.9. The Bertz CT molecular complexity index is 289. The highest BCUT2D eigenvalue weighted by Gasteiger charge is 2.41. The summed E-state index contributed by atoms with van der Waals surface area (Å²) < 4.78 is 5.66. The Morgan fingerprint density at radius 3 is 2.39 bits per heavy atom. The minimum atomic E-state index is -0.0466. The summed E-state index contributed by atoms with van der Waals surface area (Å²) in [6.45, 7) is 4.66. The van der Waals surface area contributed by atoms with Crippen LogP contribution in [-0.2, 0) is 9.53 Å². The molecular weight excluding hydrogens is 228 g/mol. The molecule has 0 aromatic carbocycles. The predicted octanol–water partition coefficient (Wildman–Crippen LogP) is 1.50. The lowest BCUT2D eigenvalue weighted by molar-refractivity contribution is -0.144. The second kappa shape index (κ2) is 5.57. The molecule has 4 heteroatoms. The molecule has 1 heterocycles. The molecule has 2 aliphatic rings. The summed E-state index contributed by atoms with van der Waals surface area (Å²) in [5.74, 6) is 0.202. The Morgan fingerprint density at radius 1 is 1.39 bits per heavy atom. The van der Waals surface area contributed by atoms with Gasteiger partial charge in [-0.25, -0.2) is 0 Å². The van der Waals surface area contributed by atoms with Gasteiger partial charge in [0.2, 0.25) is 5.91 Å². The Kier molecular flexibility index (Phi) is 4.28. The van der Waals surface area contributed by atoms with Gasteiger partial charge in [-0.3, -0.25) is 4.79 Å². The van der Waals surface area contributed by atoms with Crippen molar-refractivity contribution in [2.45, 2.75) is 50.7 Å². The van der Waals surface area contributed by atoms with Gasteiger partial charge in [0.15, 0.2) is 0 Å². The average Bonchev–Trinajstić information content (AvgIpc) is 2.30. The predicted molar refractivity (Wildman–Crippen MR) is 71.5 cm³/mol. The van der Waals surface area contributed by atoms with Crippen LogP contribution in [0.3, 0.4) is 0 Å². The van der Waals surface area contributed by atoms with E-state index in [2.05, 4.69) is 16.8 Å². The van der Waals surface area contributed by atoms with Crippen LogP contribution in [0, 0.1) is 0 Å². The fourth-order valence-corrected chi connectivity index (χ4v) is 3.11. The molecule has 1 aliphatic heterocycles. The highest BCUT2D eigenvalue weighted by Crippen LogP contribution is 2.36. The van der Waals surface area contributed by atoms with Gasteiger partial charge in [-0.05, 0) is 52.2 Å². The monoisotopic (exact) mass is 254 g/mol. The third-order valence-corrected chi connectivity index (χ3v) is 4.69. The lowest BCUT2D eigenvalue weighted by Gasteiger charge is -2.46. The van der Waals surface area contributed by atoms with Crippen molar-refractivity contribution in [2.24, 2.45) is 0 Å². The highest BCUT2D eigenvalue weighted by molar-refractivity contribution is 5.73. The van der Waals surface area contributed by atoms with Gasteiger partial charge < -0.3 is 14.5 Å². The van der Waals surface area contributed by atoms with Crippen LogP contribution in [0.4, 0.5) is 0 Å². The zero-order valence-corrected chi connectivity index (χ0v) is 11.9. The fraction of sp³-hybridized carbons (Fsp3) is 0.929. The van der Waals surface area contributed by atoms with E-state index in [9.17, 15) is 4.79 Å². The summed E-state index contributed by atoms with van der Waals surface area (Å²) >= 11 is 0. The number of carbonyl (C=O) groups is 1. The van der Waals surface area contributed by atoms with E-state index in [1.54, 1.807) is 14.0 Å².